The maximum atomic E-state index is 6.04. The Kier molecular flexibility index (Phi) is 4.47. The van der Waals surface area contributed by atoms with Gasteiger partial charge in [-0.1, -0.05) is 0 Å². The summed E-state index contributed by atoms with van der Waals surface area (Å²) >= 11 is 3.50. The van der Waals surface area contributed by atoms with E-state index in [1.165, 1.54) is 16.3 Å². The van der Waals surface area contributed by atoms with E-state index in [0.29, 0.717) is 12.1 Å². The Labute approximate surface area is 144 Å². The lowest BCUT2D eigenvalue weighted by atomic mass is 10.1. The second-order valence-corrected chi connectivity index (χ2v) is 8.36. The molecule has 23 heavy (non-hydrogen) atoms. The molecule has 2 aromatic rings. The fraction of sp³-hybridized carbons (Fsp3) is 0.625. The normalized spacial score (nSPS) is 25.8. The van der Waals surface area contributed by atoms with Crippen LogP contribution in [0.15, 0.2) is 10.9 Å². The Morgan fingerprint density at radius 2 is 2.17 bits per heavy atom. The van der Waals surface area contributed by atoms with Crippen LogP contribution in [0.25, 0.3) is 0 Å². The van der Waals surface area contributed by atoms with Crippen molar-refractivity contribution in [3.63, 3.8) is 0 Å². The van der Waals surface area contributed by atoms with Gasteiger partial charge >= 0.3 is 0 Å². The fourth-order valence-corrected chi connectivity index (χ4v) is 4.95. The molecule has 0 radical (unpaired) electrons. The minimum absolute atomic E-state index is 0.330. The van der Waals surface area contributed by atoms with Gasteiger partial charge in [0.15, 0.2) is 0 Å². The van der Waals surface area contributed by atoms with Crippen LogP contribution in [-0.2, 0) is 17.8 Å². The molecule has 0 N–H and O–H groups in total. The van der Waals surface area contributed by atoms with E-state index in [1.807, 2.05) is 5.51 Å². The molecule has 0 aromatic carbocycles. The Hall–Kier alpha value is -0.860. The summed E-state index contributed by atoms with van der Waals surface area (Å²) in [4.78, 5) is 15.4. The number of likely N-dealkylation sites (tertiary alicyclic amines) is 1. The summed E-state index contributed by atoms with van der Waals surface area (Å²) in [5, 5.41) is 3.34. The third-order valence-corrected chi connectivity index (χ3v) is 6.48. The molecule has 7 heteroatoms. The number of hydrogen-bond acceptors (Lipinski definition) is 7. The second-order valence-electron chi connectivity index (χ2n) is 6.36. The van der Waals surface area contributed by atoms with Crippen LogP contribution < -0.4 is 0 Å². The van der Waals surface area contributed by atoms with Crippen LogP contribution in [0, 0.1) is 13.8 Å². The van der Waals surface area contributed by atoms with Gasteiger partial charge in [-0.3, -0.25) is 9.80 Å². The van der Waals surface area contributed by atoms with Crippen LogP contribution in [-0.4, -0.2) is 58.2 Å². The van der Waals surface area contributed by atoms with Crippen LogP contribution in [0.1, 0.15) is 21.3 Å². The minimum atomic E-state index is 0.330. The quantitative estimate of drug-likeness (QED) is 0.846. The number of aromatic nitrogens is 2. The number of aryl methyl sites for hydroxylation is 2. The molecule has 4 rings (SSSR count). The van der Waals surface area contributed by atoms with Crippen molar-refractivity contribution in [2.45, 2.75) is 39.1 Å². The standard InChI is InChI=1S/C16H22N4OS2/c1-11-16(23-10-17-11)8-19-6-14-15(7-19)21-4-3-20(14)5-13-9-22-12(2)18-13/h9-10,14-15H,3-8H2,1-2H3/t14-,15-/m0/s1. The molecule has 2 aromatic heterocycles. The van der Waals surface area contributed by atoms with Crippen LogP contribution in [0.4, 0.5) is 0 Å². The summed E-state index contributed by atoms with van der Waals surface area (Å²) in [5.41, 5.74) is 4.31. The maximum Gasteiger partial charge on any atom is 0.0897 e. The molecule has 0 aliphatic carbocycles. The molecule has 2 atom stereocenters. The van der Waals surface area contributed by atoms with E-state index in [9.17, 15) is 0 Å². The zero-order chi connectivity index (χ0) is 15.8. The van der Waals surface area contributed by atoms with E-state index < -0.39 is 0 Å². The molecule has 0 amide bonds. The highest BCUT2D eigenvalue weighted by molar-refractivity contribution is 7.09. The first-order valence-electron chi connectivity index (χ1n) is 8.07. The van der Waals surface area contributed by atoms with E-state index in [1.54, 1.807) is 22.7 Å². The molecular weight excluding hydrogens is 328 g/mol. The Bertz CT molecular complexity index is 671. The van der Waals surface area contributed by atoms with Crippen LogP contribution in [0.5, 0.6) is 0 Å². The zero-order valence-electron chi connectivity index (χ0n) is 13.6. The minimum Gasteiger partial charge on any atom is -0.374 e. The lowest BCUT2D eigenvalue weighted by Gasteiger charge is -2.36. The summed E-state index contributed by atoms with van der Waals surface area (Å²) in [7, 11) is 0. The summed E-state index contributed by atoms with van der Waals surface area (Å²) in [6.45, 7) is 10.1. The molecule has 5 nitrogen and oxygen atoms in total. The summed E-state index contributed by atoms with van der Waals surface area (Å²) < 4.78 is 6.04. The molecule has 4 heterocycles. The van der Waals surface area contributed by atoms with E-state index in [0.717, 1.165) is 44.3 Å². The molecule has 0 bridgehead atoms. The van der Waals surface area contributed by atoms with Crippen molar-refractivity contribution in [1.29, 1.82) is 0 Å². The van der Waals surface area contributed by atoms with Crippen molar-refractivity contribution in [3.8, 4) is 0 Å². The van der Waals surface area contributed by atoms with Crippen molar-refractivity contribution in [2.75, 3.05) is 26.2 Å². The van der Waals surface area contributed by atoms with Crippen molar-refractivity contribution < 1.29 is 4.74 Å². The Morgan fingerprint density at radius 3 is 2.91 bits per heavy atom. The van der Waals surface area contributed by atoms with E-state index in [4.69, 9.17) is 4.74 Å². The second kappa shape index (κ2) is 6.57. The smallest absolute Gasteiger partial charge is 0.0897 e. The molecule has 2 saturated heterocycles. The van der Waals surface area contributed by atoms with Gasteiger partial charge < -0.3 is 4.74 Å². The molecular formula is C16H22N4OS2. The van der Waals surface area contributed by atoms with E-state index in [-0.39, 0.29) is 0 Å². The summed E-state index contributed by atoms with van der Waals surface area (Å²) in [6, 6.07) is 0.485. The van der Waals surface area contributed by atoms with Gasteiger partial charge in [0.25, 0.3) is 0 Å². The highest BCUT2D eigenvalue weighted by atomic mass is 32.1. The first-order chi connectivity index (χ1) is 11.2. The highest BCUT2D eigenvalue weighted by Gasteiger charge is 2.40. The van der Waals surface area contributed by atoms with Gasteiger partial charge in [-0.05, 0) is 13.8 Å². The Morgan fingerprint density at radius 1 is 1.26 bits per heavy atom. The molecule has 0 spiro atoms. The number of hydrogen-bond donors (Lipinski definition) is 0. The summed E-state index contributed by atoms with van der Waals surface area (Å²) in [5.74, 6) is 0. The first kappa shape index (κ1) is 15.7. The molecule has 0 unspecified atom stereocenters. The lowest BCUT2D eigenvalue weighted by molar-refractivity contribution is -0.0507. The Balaban J connectivity index is 1.42. The monoisotopic (exact) mass is 350 g/mol. The van der Waals surface area contributed by atoms with Gasteiger partial charge in [-0.25, -0.2) is 9.97 Å². The fourth-order valence-electron chi connectivity index (χ4n) is 3.53. The number of morpholine rings is 1. The van der Waals surface area contributed by atoms with Gasteiger partial charge in [-0.15, -0.1) is 22.7 Å². The number of thiazole rings is 2. The van der Waals surface area contributed by atoms with Gasteiger partial charge in [0.1, 0.15) is 0 Å². The van der Waals surface area contributed by atoms with Crippen molar-refractivity contribution in [3.05, 3.63) is 32.2 Å². The van der Waals surface area contributed by atoms with Gasteiger partial charge in [0, 0.05) is 43.0 Å². The lowest BCUT2D eigenvalue weighted by Crippen LogP contribution is -2.50. The number of rotatable bonds is 4. The number of ether oxygens (including phenoxy) is 1. The number of nitrogens with zero attached hydrogens (tertiary/aromatic N) is 4. The topological polar surface area (TPSA) is 41.5 Å². The van der Waals surface area contributed by atoms with Gasteiger partial charge in [-0.2, -0.15) is 0 Å². The van der Waals surface area contributed by atoms with Crippen molar-refractivity contribution in [1.82, 2.24) is 19.8 Å². The van der Waals surface area contributed by atoms with Crippen molar-refractivity contribution in [2.24, 2.45) is 0 Å². The van der Waals surface area contributed by atoms with Crippen LogP contribution in [0.3, 0.4) is 0 Å². The zero-order valence-corrected chi connectivity index (χ0v) is 15.2. The van der Waals surface area contributed by atoms with Crippen molar-refractivity contribution >= 4 is 22.7 Å². The van der Waals surface area contributed by atoms with Gasteiger partial charge in [0.2, 0.25) is 0 Å². The average molecular weight is 351 g/mol. The SMILES string of the molecule is Cc1nc(CN2CCO[C@H]3CN(Cc4scnc4C)C[C@@H]32)cs1. The van der Waals surface area contributed by atoms with E-state index >= 15 is 0 Å². The van der Waals surface area contributed by atoms with E-state index in [2.05, 4.69) is 39.0 Å². The number of fused-ring (bicyclic) bond motifs is 1. The molecule has 2 aliphatic rings. The summed E-state index contributed by atoms with van der Waals surface area (Å²) in [6.07, 6.45) is 0.330. The molecule has 2 aliphatic heterocycles. The maximum absolute atomic E-state index is 6.04. The van der Waals surface area contributed by atoms with Crippen LogP contribution >= 0.6 is 22.7 Å². The predicted octanol–water partition coefficient (Wildman–Crippen LogP) is 2.30. The molecule has 124 valence electrons. The average Bonchev–Trinajstić information content (AvgIpc) is 3.22. The molecule has 0 saturated carbocycles. The largest absolute Gasteiger partial charge is 0.374 e. The van der Waals surface area contributed by atoms with Gasteiger partial charge in [0.05, 0.1) is 40.7 Å². The van der Waals surface area contributed by atoms with Crippen LogP contribution in [0.2, 0.25) is 0 Å². The third-order valence-electron chi connectivity index (χ3n) is 4.74. The predicted molar refractivity (Wildman–Crippen MR) is 92.9 cm³/mol. The first-order valence-corrected chi connectivity index (χ1v) is 9.83. The molecule has 2 fully saturated rings. The third kappa shape index (κ3) is 3.34. The highest BCUT2D eigenvalue weighted by Crippen LogP contribution is 2.27.